The van der Waals surface area contributed by atoms with Gasteiger partial charge in [-0.15, -0.1) is 0 Å². The lowest BCUT2D eigenvalue weighted by Gasteiger charge is -2.52. The standard InChI is InChI=1S/C35H41NO7/c1-15(2)17-8-10-18(11-9-17)20-14-23(34(5,6)7)28(37)26-21(20)12-19-13-22-24(16(3)4)29(38)27(33(36)42)32(41)35(22,43)31(40)25(19)30(26)39/h8-11,14-16,19,22,24-25,27,37,43H,12-13H2,1-7H3,(H2,36,42)/t19-,22-,24-,25?,27?,35-/m0/s1. The van der Waals surface area contributed by atoms with Gasteiger partial charge in [0.05, 0.1) is 11.5 Å². The topological polar surface area (TPSA) is 152 Å². The molecular formula is C35H41NO7. The molecule has 0 bridgehead atoms. The summed E-state index contributed by atoms with van der Waals surface area (Å²) in [6, 6.07) is 9.97. The van der Waals surface area contributed by atoms with Gasteiger partial charge in [0.15, 0.2) is 34.7 Å². The molecule has 43 heavy (non-hydrogen) atoms. The maximum Gasteiger partial charge on any atom is 0.235 e. The zero-order valence-electron chi connectivity index (χ0n) is 25.9. The number of aromatic hydroxyl groups is 1. The second-order valence-corrected chi connectivity index (χ2v) is 14.4. The maximum atomic E-state index is 14.3. The monoisotopic (exact) mass is 587 g/mol. The van der Waals surface area contributed by atoms with Crippen molar-refractivity contribution in [1.29, 1.82) is 0 Å². The number of aliphatic hydroxyl groups is 1. The lowest BCUT2D eigenvalue weighted by molar-refractivity contribution is -0.182. The van der Waals surface area contributed by atoms with Crippen LogP contribution in [-0.4, -0.2) is 44.9 Å². The molecule has 3 aliphatic carbocycles. The first-order valence-electron chi connectivity index (χ1n) is 15.1. The predicted octanol–water partition coefficient (Wildman–Crippen LogP) is 4.30. The molecule has 8 nitrogen and oxygen atoms in total. The molecule has 4 N–H and O–H groups in total. The van der Waals surface area contributed by atoms with Crippen molar-refractivity contribution in [3.05, 3.63) is 52.6 Å². The number of hydrogen-bond donors (Lipinski definition) is 3. The van der Waals surface area contributed by atoms with E-state index in [9.17, 15) is 34.2 Å². The van der Waals surface area contributed by atoms with E-state index in [-0.39, 0.29) is 24.2 Å². The number of phenolic OH excluding ortho intramolecular Hbond substituents is 1. The Balaban J connectivity index is 1.71. The van der Waals surface area contributed by atoms with Crippen molar-refractivity contribution in [2.75, 3.05) is 0 Å². The quantitative estimate of drug-likeness (QED) is 0.451. The van der Waals surface area contributed by atoms with Crippen LogP contribution in [0.15, 0.2) is 30.3 Å². The third-order valence-corrected chi connectivity index (χ3v) is 10.0. The molecule has 0 radical (unpaired) electrons. The molecule has 0 aromatic heterocycles. The number of carbonyl (C=O) groups excluding carboxylic acids is 5. The highest BCUT2D eigenvalue weighted by molar-refractivity contribution is 6.32. The number of phenols is 1. The number of carbonyl (C=O) groups is 5. The van der Waals surface area contributed by atoms with Gasteiger partial charge in [0, 0.05) is 17.4 Å². The van der Waals surface area contributed by atoms with Crippen LogP contribution in [0.2, 0.25) is 0 Å². The van der Waals surface area contributed by atoms with E-state index >= 15 is 0 Å². The second kappa shape index (κ2) is 10.2. The van der Waals surface area contributed by atoms with Gasteiger partial charge in [0.25, 0.3) is 0 Å². The highest BCUT2D eigenvalue weighted by atomic mass is 16.3. The number of primary amides is 1. The number of hydrogen-bond acceptors (Lipinski definition) is 7. The molecule has 3 aliphatic rings. The Bertz CT molecular complexity index is 1560. The van der Waals surface area contributed by atoms with E-state index in [4.69, 9.17) is 5.73 Å². The van der Waals surface area contributed by atoms with Crippen molar-refractivity contribution in [3.63, 3.8) is 0 Å². The van der Waals surface area contributed by atoms with E-state index in [1.807, 2.05) is 51.1 Å². The lowest BCUT2D eigenvalue weighted by Crippen LogP contribution is -2.71. The van der Waals surface area contributed by atoms with Crippen molar-refractivity contribution in [2.24, 2.45) is 41.2 Å². The molecule has 2 aromatic carbocycles. The minimum absolute atomic E-state index is 0.0261. The van der Waals surface area contributed by atoms with Gasteiger partial charge in [-0.25, -0.2) is 0 Å². The van der Waals surface area contributed by atoms with Crippen molar-refractivity contribution in [2.45, 2.75) is 78.2 Å². The van der Waals surface area contributed by atoms with E-state index in [1.54, 1.807) is 13.8 Å². The number of nitrogens with two attached hydrogens (primary N) is 1. The Morgan fingerprint density at radius 1 is 1.00 bits per heavy atom. The number of Topliss-reactive ketones (excluding diaryl/α,β-unsaturated/α-hetero) is 4. The molecule has 0 saturated heterocycles. The van der Waals surface area contributed by atoms with Crippen LogP contribution in [0.5, 0.6) is 5.75 Å². The van der Waals surface area contributed by atoms with Gasteiger partial charge < -0.3 is 15.9 Å². The van der Waals surface area contributed by atoms with Crippen LogP contribution in [0.4, 0.5) is 0 Å². The third-order valence-electron chi connectivity index (χ3n) is 10.0. The van der Waals surface area contributed by atoms with Crippen LogP contribution in [0, 0.1) is 35.5 Å². The van der Waals surface area contributed by atoms with E-state index in [1.165, 1.54) is 0 Å². The van der Waals surface area contributed by atoms with Crippen molar-refractivity contribution in [3.8, 4) is 16.9 Å². The van der Waals surface area contributed by atoms with Gasteiger partial charge in [-0.2, -0.15) is 0 Å². The largest absolute Gasteiger partial charge is 0.507 e. The fourth-order valence-corrected chi connectivity index (χ4v) is 7.80. The number of rotatable bonds is 4. The fraction of sp³-hybridized carbons (Fsp3) is 0.514. The third kappa shape index (κ3) is 4.48. The summed E-state index contributed by atoms with van der Waals surface area (Å²) in [5.74, 6) is -11.2. The maximum absolute atomic E-state index is 14.3. The molecule has 1 amide bonds. The molecule has 0 spiro atoms. The Labute approximate surface area is 252 Å². The Hall–Kier alpha value is -3.65. The molecule has 6 atom stereocenters. The van der Waals surface area contributed by atoms with E-state index < -0.39 is 75.6 Å². The number of amides is 1. The first-order chi connectivity index (χ1) is 19.9. The van der Waals surface area contributed by atoms with Crippen molar-refractivity contribution < 1.29 is 34.2 Å². The minimum Gasteiger partial charge on any atom is -0.507 e. The SMILES string of the molecule is CC(C)c1ccc(-c2cc(C(C)(C)C)c(O)c3c2C[C@H]2C[C@H]4[C@H](C(C)C)C(=O)C(C(N)=O)C(=O)[C@@]4(O)C(=O)C2C3=O)cc1. The van der Waals surface area contributed by atoms with Gasteiger partial charge in [0.1, 0.15) is 5.75 Å². The van der Waals surface area contributed by atoms with Gasteiger partial charge in [-0.1, -0.05) is 72.7 Å². The molecular weight excluding hydrogens is 546 g/mol. The fourth-order valence-electron chi connectivity index (χ4n) is 7.80. The summed E-state index contributed by atoms with van der Waals surface area (Å²) in [6.07, 6.45) is 0.285. The first-order valence-corrected chi connectivity index (χ1v) is 15.1. The molecule has 5 rings (SSSR count). The molecule has 8 heteroatoms. The summed E-state index contributed by atoms with van der Waals surface area (Å²) >= 11 is 0. The van der Waals surface area contributed by atoms with E-state index in [2.05, 4.69) is 13.8 Å². The second-order valence-electron chi connectivity index (χ2n) is 14.4. The average molecular weight is 588 g/mol. The minimum atomic E-state index is -2.70. The molecule has 2 unspecified atom stereocenters. The van der Waals surface area contributed by atoms with Gasteiger partial charge in [0.2, 0.25) is 5.91 Å². The van der Waals surface area contributed by atoms with E-state index in [0.29, 0.717) is 17.0 Å². The summed E-state index contributed by atoms with van der Waals surface area (Å²) in [4.78, 5) is 67.7. The van der Waals surface area contributed by atoms with Gasteiger partial charge in [-0.05, 0) is 64.3 Å². The summed E-state index contributed by atoms with van der Waals surface area (Å²) < 4.78 is 0. The van der Waals surface area contributed by atoms with E-state index in [0.717, 1.165) is 16.7 Å². The highest BCUT2D eigenvalue weighted by Crippen LogP contribution is 2.54. The molecule has 228 valence electrons. The number of benzene rings is 2. The lowest BCUT2D eigenvalue weighted by atomic mass is 9.49. The molecule has 2 aromatic rings. The molecule has 2 saturated carbocycles. The van der Waals surface area contributed by atoms with Crippen LogP contribution < -0.4 is 5.73 Å². The number of ketones is 4. The average Bonchev–Trinajstić information content (AvgIpc) is 2.90. The zero-order chi connectivity index (χ0) is 31.9. The van der Waals surface area contributed by atoms with Crippen LogP contribution in [0.3, 0.4) is 0 Å². The Kier molecular flexibility index (Phi) is 7.32. The molecule has 2 fully saturated rings. The normalized spacial score (nSPS) is 29.0. The Morgan fingerprint density at radius 3 is 2.12 bits per heavy atom. The van der Waals surface area contributed by atoms with Crippen molar-refractivity contribution in [1.82, 2.24) is 0 Å². The first kappa shape index (κ1) is 30.8. The predicted molar refractivity (Wildman–Crippen MR) is 160 cm³/mol. The highest BCUT2D eigenvalue weighted by Gasteiger charge is 2.69. The van der Waals surface area contributed by atoms with Crippen molar-refractivity contribution >= 4 is 29.0 Å². The Morgan fingerprint density at radius 2 is 1.60 bits per heavy atom. The molecule has 0 aliphatic heterocycles. The van der Waals surface area contributed by atoms with Crippen LogP contribution in [0.1, 0.15) is 87.9 Å². The summed E-state index contributed by atoms with van der Waals surface area (Å²) in [7, 11) is 0. The van der Waals surface area contributed by atoms with Crippen LogP contribution >= 0.6 is 0 Å². The number of fused-ring (bicyclic) bond motifs is 3. The smallest absolute Gasteiger partial charge is 0.235 e. The summed E-state index contributed by atoms with van der Waals surface area (Å²) in [5, 5.41) is 23.4. The van der Waals surface area contributed by atoms with Crippen LogP contribution in [-0.2, 0) is 31.0 Å². The van der Waals surface area contributed by atoms with Crippen LogP contribution in [0.25, 0.3) is 11.1 Å². The van der Waals surface area contributed by atoms with Gasteiger partial charge >= 0.3 is 0 Å². The zero-order valence-corrected chi connectivity index (χ0v) is 25.9. The molecule has 0 heterocycles. The van der Waals surface area contributed by atoms with Gasteiger partial charge in [-0.3, -0.25) is 24.0 Å². The summed E-state index contributed by atoms with van der Waals surface area (Å²) in [5.41, 5.74) is 6.14. The summed E-state index contributed by atoms with van der Waals surface area (Å²) in [6.45, 7) is 13.4.